The Balaban J connectivity index is 2.36. The molecule has 1 aliphatic rings. The summed E-state index contributed by atoms with van der Waals surface area (Å²) in [5.41, 5.74) is -0.0887. The molecule has 0 aromatic rings. The van der Waals surface area contributed by atoms with Crippen molar-refractivity contribution in [1.82, 2.24) is 0 Å². The van der Waals surface area contributed by atoms with Crippen LogP contribution in [0.15, 0.2) is 12.8 Å². The van der Waals surface area contributed by atoms with E-state index in [0.29, 0.717) is 6.61 Å². The lowest BCUT2D eigenvalue weighted by Crippen LogP contribution is -2.35. The van der Waals surface area contributed by atoms with Crippen molar-refractivity contribution in [1.29, 1.82) is 0 Å². The van der Waals surface area contributed by atoms with Crippen molar-refractivity contribution in [2.24, 2.45) is 0 Å². The van der Waals surface area contributed by atoms with E-state index in [1.807, 2.05) is 0 Å². The monoisotopic (exact) mass is 184 g/mol. The fourth-order valence-electron chi connectivity index (χ4n) is 1.69. The van der Waals surface area contributed by atoms with Gasteiger partial charge in [-0.05, 0) is 19.8 Å². The SMILES string of the molecule is C=COCC1(C)CCCCCCO1. The third kappa shape index (κ3) is 3.81. The molecule has 0 bridgehead atoms. The van der Waals surface area contributed by atoms with Gasteiger partial charge in [0, 0.05) is 6.61 Å². The standard InChI is InChI=1S/C11H20O2/c1-3-12-10-11(2)8-6-4-5-7-9-13-11/h3H,1,4-10H2,2H3. The van der Waals surface area contributed by atoms with Gasteiger partial charge in [0.25, 0.3) is 0 Å². The smallest absolute Gasteiger partial charge is 0.116 e. The molecule has 2 heteroatoms. The Morgan fingerprint density at radius 1 is 1.38 bits per heavy atom. The van der Waals surface area contributed by atoms with Gasteiger partial charge < -0.3 is 9.47 Å². The van der Waals surface area contributed by atoms with E-state index in [9.17, 15) is 0 Å². The van der Waals surface area contributed by atoms with E-state index in [0.717, 1.165) is 13.0 Å². The maximum absolute atomic E-state index is 5.80. The van der Waals surface area contributed by atoms with Crippen molar-refractivity contribution in [3.05, 3.63) is 12.8 Å². The second-order valence-electron chi connectivity index (χ2n) is 3.94. The minimum Gasteiger partial charge on any atom is -0.499 e. The molecule has 1 saturated heterocycles. The number of hydrogen-bond donors (Lipinski definition) is 0. The number of ether oxygens (including phenoxy) is 2. The highest BCUT2D eigenvalue weighted by Crippen LogP contribution is 2.23. The van der Waals surface area contributed by atoms with Crippen molar-refractivity contribution in [2.75, 3.05) is 13.2 Å². The zero-order chi connectivity index (χ0) is 9.57. The molecule has 0 aromatic carbocycles. The second kappa shape index (κ2) is 5.28. The molecule has 0 spiro atoms. The number of hydrogen-bond acceptors (Lipinski definition) is 2. The minimum atomic E-state index is -0.0887. The van der Waals surface area contributed by atoms with Crippen molar-refractivity contribution < 1.29 is 9.47 Å². The van der Waals surface area contributed by atoms with Crippen LogP contribution >= 0.6 is 0 Å². The molecular formula is C11H20O2. The highest BCUT2D eigenvalue weighted by Gasteiger charge is 2.26. The molecule has 0 saturated carbocycles. The van der Waals surface area contributed by atoms with E-state index in [2.05, 4.69) is 13.5 Å². The maximum atomic E-state index is 5.80. The summed E-state index contributed by atoms with van der Waals surface area (Å²) in [5.74, 6) is 0. The van der Waals surface area contributed by atoms with Gasteiger partial charge in [-0.25, -0.2) is 0 Å². The van der Waals surface area contributed by atoms with Crippen LogP contribution in [0.3, 0.4) is 0 Å². The largest absolute Gasteiger partial charge is 0.499 e. The van der Waals surface area contributed by atoms with Gasteiger partial charge in [-0.15, -0.1) is 0 Å². The molecule has 1 atom stereocenters. The van der Waals surface area contributed by atoms with Crippen molar-refractivity contribution >= 4 is 0 Å². The predicted molar refractivity (Wildman–Crippen MR) is 53.6 cm³/mol. The molecule has 76 valence electrons. The van der Waals surface area contributed by atoms with Gasteiger partial charge in [0.05, 0.1) is 11.9 Å². The van der Waals surface area contributed by atoms with Crippen LogP contribution in [0.2, 0.25) is 0 Å². The van der Waals surface area contributed by atoms with Crippen LogP contribution in [0.4, 0.5) is 0 Å². The second-order valence-corrected chi connectivity index (χ2v) is 3.94. The Hall–Kier alpha value is -0.500. The lowest BCUT2D eigenvalue weighted by molar-refractivity contribution is -0.0816. The topological polar surface area (TPSA) is 18.5 Å². The summed E-state index contributed by atoms with van der Waals surface area (Å²) in [6.45, 7) is 7.17. The normalized spacial score (nSPS) is 30.2. The molecule has 0 amide bonds. The summed E-state index contributed by atoms with van der Waals surface area (Å²) in [5, 5.41) is 0. The van der Waals surface area contributed by atoms with Crippen molar-refractivity contribution in [3.8, 4) is 0 Å². The van der Waals surface area contributed by atoms with E-state index in [1.54, 1.807) is 0 Å². The molecule has 13 heavy (non-hydrogen) atoms. The van der Waals surface area contributed by atoms with Crippen LogP contribution in [-0.2, 0) is 9.47 Å². The zero-order valence-corrected chi connectivity index (χ0v) is 8.55. The number of rotatable bonds is 3. The van der Waals surface area contributed by atoms with E-state index < -0.39 is 0 Å². The Labute approximate surface area is 80.9 Å². The first-order chi connectivity index (χ1) is 6.27. The first-order valence-electron chi connectivity index (χ1n) is 5.13. The Morgan fingerprint density at radius 3 is 2.92 bits per heavy atom. The molecule has 1 rings (SSSR count). The fraction of sp³-hybridized carbons (Fsp3) is 0.818. The third-order valence-corrected chi connectivity index (χ3v) is 2.56. The van der Waals surface area contributed by atoms with E-state index in [4.69, 9.17) is 9.47 Å². The Morgan fingerprint density at radius 2 is 2.15 bits per heavy atom. The van der Waals surface area contributed by atoms with E-state index in [-0.39, 0.29) is 5.60 Å². The lowest BCUT2D eigenvalue weighted by atomic mass is 9.97. The first kappa shape index (κ1) is 10.6. The summed E-state index contributed by atoms with van der Waals surface area (Å²) in [7, 11) is 0. The summed E-state index contributed by atoms with van der Waals surface area (Å²) >= 11 is 0. The zero-order valence-electron chi connectivity index (χ0n) is 8.55. The Bertz CT molecular complexity index is 146. The molecule has 1 fully saturated rings. The van der Waals surface area contributed by atoms with Gasteiger partial charge in [0.1, 0.15) is 6.61 Å². The molecule has 1 unspecified atom stereocenters. The van der Waals surface area contributed by atoms with E-state index in [1.165, 1.54) is 31.9 Å². The minimum absolute atomic E-state index is 0.0887. The van der Waals surface area contributed by atoms with Crippen molar-refractivity contribution in [2.45, 2.75) is 44.6 Å². The summed E-state index contributed by atoms with van der Waals surface area (Å²) in [6, 6.07) is 0. The highest BCUT2D eigenvalue weighted by atomic mass is 16.5. The quantitative estimate of drug-likeness (QED) is 0.628. The van der Waals surface area contributed by atoms with Gasteiger partial charge in [0.15, 0.2) is 0 Å². The molecule has 0 aromatic heterocycles. The van der Waals surface area contributed by atoms with Gasteiger partial charge in [-0.1, -0.05) is 25.8 Å². The molecule has 1 heterocycles. The molecule has 0 N–H and O–H groups in total. The summed E-state index contributed by atoms with van der Waals surface area (Å²) in [6.07, 6.45) is 7.65. The molecule has 1 aliphatic heterocycles. The molecule has 2 nitrogen and oxygen atoms in total. The van der Waals surface area contributed by atoms with Crippen LogP contribution in [0.1, 0.15) is 39.0 Å². The van der Waals surface area contributed by atoms with Crippen LogP contribution in [0.25, 0.3) is 0 Å². The Kier molecular flexibility index (Phi) is 4.29. The van der Waals surface area contributed by atoms with Crippen LogP contribution in [-0.4, -0.2) is 18.8 Å². The maximum Gasteiger partial charge on any atom is 0.116 e. The third-order valence-electron chi connectivity index (χ3n) is 2.56. The van der Waals surface area contributed by atoms with Gasteiger partial charge >= 0.3 is 0 Å². The molecular weight excluding hydrogens is 164 g/mol. The van der Waals surface area contributed by atoms with Gasteiger partial charge in [-0.3, -0.25) is 0 Å². The fourth-order valence-corrected chi connectivity index (χ4v) is 1.69. The summed E-state index contributed by atoms with van der Waals surface area (Å²) < 4.78 is 11.0. The van der Waals surface area contributed by atoms with Crippen LogP contribution in [0.5, 0.6) is 0 Å². The van der Waals surface area contributed by atoms with Crippen LogP contribution in [0, 0.1) is 0 Å². The molecule has 0 radical (unpaired) electrons. The van der Waals surface area contributed by atoms with Crippen molar-refractivity contribution in [3.63, 3.8) is 0 Å². The average Bonchev–Trinajstić information content (AvgIpc) is 2.09. The van der Waals surface area contributed by atoms with E-state index >= 15 is 0 Å². The molecule has 0 aliphatic carbocycles. The average molecular weight is 184 g/mol. The lowest BCUT2D eigenvalue weighted by Gasteiger charge is -2.30. The van der Waals surface area contributed by atoms with Crippen LogP contribution < -0.4 is 0 Å². The predicted octanol–water partition coefficient (Wildman–Crippen LogP) is 2.89. The first-order valence-corrected chi connectivity index (χ1v) is 5.13. The van der Waals surface area contributed by atoms with Gasteiger partial charge in [-0.2, -0.15) is 0 Å². The highest BCUT2D eigenvalue weighted by molar-refractivity contribution is 4.77. The summed E-state index contributed by atoms with van der Waals surface area (Å²) in [4.78, 5) is 0. The van der Waals surface area contributed by atoms with Gasteiger partial charge in [0.2, 0.25) is 0 Å².